The molecule has 0 rings (SSSR count). The molecule has 2 N–H and O–H groups in total. The van der Waals surface area contributed by atoms with Crippen LogP contribution in [-0.4, -0.2) is 16.4 Å². The maximum Gasteiger partial charge on any atom is 0.503 e. The molecule has 0 amide bonds. The van der Waals surface area contributed by atoms with Gasteiger partial charge in [0, 0.05) is 50.9 Å². The molecule has 0 fully saturated rings. The largest absolute Gasteiger partial charge is 0.503 e. The molecule has 0 saturated carbocycles. The standard InChI is InChI=1S/CH2O3.Cr.Fe.Ni/c2-1(3)4;;;/h(H2,2,3,4);;;. The van der Waals surface area contributed by atoms with Crippen molar-refractivity contribution in [1.29, 1.82) is 0 Å². The van der Waals surface area contributed by atoms with Gasteiger partial charge in [-0.1, -0.05) is 0 Å². The number of hydrogen-bond donors (Lipinski definition) is 2. The molecule has 0 radical (unpaired) electrons. The van der Waals surface area contributed by atoms with Crippen molar-refractivity contribution in [1.82, 2.24) is 0 Å². The zero-order valence-corrected chi connectivity index (χ0v) is 6.25. The van der Waals surface area contributed by atoms with E-state index in [1.807, 2.05) is 0 Å². The average molecular weight is 229 g/mol. The maximum atomic E-state index is 8.56. The Morgan fingerprint density at radius 2 is 1.29 bits per heavy atom. The monoisotopic (exact) mass is 228 g/mol. The van der Waals surface area contributed by atoms with E-state index in [1.54, 1.807) is 0 Å². The Kier molecular flexibility index (Phi) is 56.4. The molecular weight excluding hydrogens is 227 g/mol. The fraction of sp³-hybridized carbons (Fsp3) is 0. The predicted octanol–water partition coefficient (Wildman–Crippen LogP) is 0.215. The van der Waals surface area contributed by atoms with Gasteiger partial charge in [-0.3, -0.25) is 0 Å². The van der Waals surface area contributed by atoms with Crippen LogP contribution in [0.2, 0.25) is 0 Å². The first kappa shape index (κ1) is 24.9. The summed E-state index contributed by atoms with van der Waals surface area (Å²) in [6.07, 6.45) is -1.83. The van der Waals surface area contributed by atoms with E-state index in [-0.39, 0.29) is 50.9 Å². The van der Waals surface area contributed by atoms with Gasteiger partial charge in [-0.25, -0.2) is 4.79 Å². The SMILES string of the molecule is O=C(O)O.[Cr].[Fe].[Ni]. The van der Waals surface area contributed by atoms with Crippen LogP contribution in [0.5, 0.6) is 0 Å². The van der Waals surface area contributed by atoms with Crippen LogP contribution in [0.4, 0.5) is 4.79 Å². The molecule has 3 nitrogen and oxygen atoms in total. The minimum absolute atomic E-state index is 0. The number of carbonyl (C=O) groups is 1. The van der Waals surface area contributed by atoms with E-state index in [9.17, 15) is 0 Å². The first-order valence-corrected chi connectivity index (χ1v) is 0.651. The third-order valence-electron chi connectivity index (χ3n) is 0. The molecule has 0 aliphatic rings. The topological polar surface area (TPSA) is 57.5 Å². The Morgan fingerprint density at radius 3 is 1.29 bits per heavy atom. The van der Waals surface area contributed by atoms with E-state index in [4.69, 9.17) is 15.0 Å². The molecule has 0 saturated heterocycles. The number of rotatable bonds is 0. The predicted molar refractivity (Wildman–Crippen MR) is 10.7 cm³/mol. The van der Waals surface area contributed by atoms with Crippen molar-refractivity contribution in [3.63, 3.8) is 0 Å². The van der Waals surface area contributed by atoms with Gasteiger partial charge in [0.2, 0.25) is 0 Å². The smallest absolute Gasteiger partial charge is 0.450 e. The first-order chi connectivity index (χ1) is 1.73. The van der Waals surface area contributed by atoms with Crippen molar-refractivity contribution < 1.29 is 65.9 Å². The Morgan fingerprint density at radius 1 is 1.29 bits per heavy atom. The molecule has 48 valence electrons. The minimum Gasteiger partial charge on any atom is -0.450 e. The van der Waals surface area contributed by atoms with Gasteiger partial charge < -0.3 is 10.2 Å². The second-order valence-corrected chi connectivity index (χ2v) is 0.283. The summed E-state index contributed by atoms with van der Waals surface area (Å²) in [5.41, 5.74) is 0. The summed E-state index contributed by atoms with van der Waals surface area (Å²) in [5, 5.41) is 13.9. The van der Waals surface area contributed by atoms with Crippen LogP contribution in [0.25, 0.3) is 0 Å². The summed E-state index contributed by atoms with van der Waals surface area (Å²) < 4.78 is 0. The third-order valence-corrected chi connectivity index (χ3v) is 0. The van der Waals surface area contributed by atoms with Crippen LogP contribution >= 0.6 is 0 Å². The molecule has 0 aromatic carbocycles. The summed E-state index contributed by atoms with van der Waals surface area (Å²) in [7, 11) is 0. The molecule has 6 heteroatoms. The van der Waals surface area contributed by atoms with Gasteiger partial charge in [0.1, 0.15) is 0 Å². The fourth-order valence-electron chi connectivity index (χ4n) is 0. The summed E-state index contributed by atoms with van der Waals surface area (Å²) in [6.45, 7) is 0. The van der Waals surface area contributed by atoms with Crippen LogP contribution in [0.3, 0.4) is 0 Å². The van der Waals surface area contributed by atoms with Crippen LogP contribution in [-0.2, 0) is 50.9 Å². The molecule has 0 unspecified atom stereocenters. The van der Waals surface area contributed by atoms with Gasteiger partial charge in [-0.15, -0.1) is 0 Å². The second kappa shape index (κ2) is 15.8. The van der Waals surface area contributed by atoms with Gasteiger partial charge in [-0.05, 0) is 0 Å². The van der Waals surface area contributed by atoms with E-state index in [1.165, 1.54) is 0 Å². The minimum atomic E-state index is -1.83. The van der Waals surface area contributed by atoms with E-state index in [2.05, 4.69) is 0 Å². The van der Waals surface area contributed by atoms with Gasteiger partial charge in [-0.2, -0.15) is 0 Å². The normalized spacial score (nSPS) is 3.43. The van der Waals surface area contributed by atoms with Crippen molar-refractivity contribution >= 4 is 6.16 Å². The van der Waals surface area contributed by atoms with Gasteiger partial charge in [0.15, 0.2) is 0 Å². The molecule has 0 spiro atoms. The average Bonchev–Trinajstić information content (AvgIpc) is 0.811. The van der Waals surface area contributed by atoms with Crippen LogP contribution in [0.1, 0.15) is 0 Å². The molecule has 0 aliphatic heterocycles. The van der Waals surface area contributed by atoms with Crippen LogP contribution < -0.4 is 0 Å². The van der Waals surface area contributed by atoms with Crippen molar-refractivity contribution in [3.8, 4) is 0 Å². The summed E-state index contributed by atoms with van der Waals surface area (Å²) in [6, 6.07) is 0. The maximum absolute atomic E-state index is 8.56. The fourth-order valence-corrected chi connectivity index (χ4v) is 0. The Bertz CT molecular complexity index is 37.9. The van der Waals surface area contributed by atoms with Gasteiger partial charge in [0.05, 0.1) is 0 Å². The van der Waals surface area contributed by atoms with Crippen molar-refractivity contribution in [3.05, 3.63) is 0 Å². The second-order valence-electron chi connectivity index (χ2n) is 0.283. The van der Waals surface area contributed by atoms with Crippen molar-refractivity contribution in [2.24, 2.45) is 0 Å². The van der Waals surface area contributed by atoms with Crippen LogP contribution in [0, 0.1) is 0 Å². The van der Waals surface area contributed by atoms with Gasteiger partial charge >= 0.3 is 6.16 Å². The molecule has 0 aromatic rings. The molecule has 0 heterocycles. The summed E-state index contributed by atoms with van der Waals surface area (Å²) >= 11 is 0. The summed E-state index contributed by atoms with van der Waals surface area (Å²) in [4.78, 5) is 8.56. The molecular formula is CH2CrFeNiO3. The van der Waals surface area contributed by atoms with E-state index in [0.29, 0.717) is 0 Å². The van der Waals surface area contributed by atoms with Crippen LogP contribution in [0.15, 0.2) is 0 Å². The number of hydrogen-bond acceptors (Lipinski definition) is 1. The zero-order valence-electron chi connectivity index (χ0n) is 2.88. The van der Waals surface area contributed by atoms with Gasteiger partial charge in [0.25, 0.3) is 0 Å². The Labute approximate surface area is 72.0 Å². The van der Waals surface area contributed by atoms with E-state index < -0.39 is 6.16 Å². The first-order valence-electron chi connectivity index (χ1n) is 0.651. The van der Waals surface area contributed by atoms with Crippen molar-refractivity contribution in [2.75, 3.05) is 0 Å². The zero-order chi connectivity index (χ0) is 3.58. The molecule has 0 atom stereocenters. The Hall–Kier alpha value is 0.815. The Balaban J connectivity index is -0.0000000150. The summed E-state index contributed by atoms with van der Waals surface area (Å²) in [5.74, 6) is 0. The number of carboxylic acid groups (broad SMARTS) is 2. The third kappa shape index (κ3) is 238. The van der Waals surface area contributed by atoms with E-state index in [0.717, 1.165) is 0 Å². The van der Waals surface area contributed by atoms with E-state index >= 15 is 0 Å². The molecule has 0 bridgehead atoms. The molecule has 0 aromatic heterocycles. The molecule has 7 heavy (non-hydrogen) atoms. The van der Waals surface area contributed by atoms with Crippen molar-refractivity contribution in [2.45, 2.75) is 0 Å². The molecule has 0 aliphatic carbocycles. The quantitative estimate of drug-likeness (QED) is 0.583.